The molecule has 2 aliphatic heterocycles. The van der Waals surface area contributed by atoms with Gasteiger partial charge in [0.1, 0.15) is 11.5 Å². The molecule has 2 aliphatic rings. The van der Waals surface area contributed by atoms with E-state index in [4.69, 9.17) is 4.42 Å². The fourth-order valence-electron chi connectivity index (χ4n) is 3.76. The molecule has 1 fully saturated rings. The van der Waals surface area contributed by atoms with Gasteiger partial charge in [-0.3, -0.25) is 4.79 Å². The van der Waals surface area contributed by atoms with Crippen LogP contribution in [-0.4, -0.2) is 47.4 Å². The van der Waals surface area contributed by atoms with Gasteiger partial charge in [-0.1, -0.05) is 18.2 Å². The molecule has 2 aromatic rings. The average Bonchev–Trinajstić information content (AvgIpc) is 3.07. The molecule has 0 spiro atoms. The molecule has 25 heavy (non-hydrogen) atoms. The summed E-state index contributed by atoms with van der Waals surface area (Å²) in [5, 5.41) is 0. The van der Waals surface area contributed by atoms with Crippen molar-refractivity contribution >= 4 is 5.91 Å². The normalized spacial score (nSPS) is 19.0. The van der Waals surface area contributed by atoms with Crippen LogP contribution in [0.3, 0.4) is 0 Å². The minimum absolute atomic E-state index is 0.268. The highest BCUT2D eigenvalue weighted by atomic mass is 16.4. The molecule has 0 aliphatic carbocycles. The van der Waals surface area contributed by atoms with Gasteiger partial charge in [-0.25, -0.2) is 4.98 Å². The van der Waals surface area contributed by atoms with Gasteiger partial charge in [-0.2, -0.15) is 0 Å². The van der Waals surface area contributed by atoms with E-state index in [1.54, 1.807) is 0 Å². The van der Waals surface area contributed by atoms with Gasteiger partial charge in [-0.15, -0.1) is 0 Å². The summed E-state index contributed by atoms with van der Waals surface area (Å²) in [6, 6.07) is 9.95. The van der Waals surface area contributed by atoms with E-state index in [0.717, 1.165) is 55.9 Å². The van der Waals surface area contributed by atoms with E-state index in [9.17, 15) is 4.79 Å². The first kappa shape index (κ1) is 16.3. The number of aromatic nitrogens is 1. The molecule has 0 unspecified atom stereocenters. The molecular weight excluding hydrogens is 314 g/mol. The molecule has 3 heterocycles. The second-order valence-electron chi connectivity index (χ2n) is 7.27. The minimum Gasteiger partial charge on any atom is -0.441 e. The Bertz CT molecular complexity index is 733. The Labute approximate surface area is 148 Å². The molecule has 1 saturated heterocycles. The Hall–Kier alpha value is -2.14. The van der Waals surface area contributed by atoms with E-state index in [0.29, 0.717) is 24.8 Å². The number of rotatable bonds is 3. The van der Waals surface area contributed by atoms with Crippen LogP contribution in [-0.2, 0) is 17.8 Å². The van der Waals surface area contributed by atoms with Crippen LogP contribution >= 0.6 is 0 Å². The highest BCUT2D eigenvalue weighted by Crippen LogP contribution is 2.27. The molecule has 1 amide bonds. The SMILES string of the molecule is CN1CCC(CC(=O)N2CCc3oc(-c4ccccc4)nc3C2)CC1. The third kappa shape index (κ3) is 3.61. The Morgan fingerprint density at radius 3 is 2.72 bits per heavy atom. The number of nitrogens with zero attached hydrogens (tertiary/aromatic N) is 3. The summed E-state index contributed by atoms with van der Waals surface area (Å²) in [6.45, 7) is 3.52. The van der Waals surface area contributed by atoms with Gasteiger partial charge in [-0.05, 0) is 51.0 Å². The van der Waals surface area contributed by atoms with Gasteiger partial charge >= 0.3 is 0 Å². The minimum atomic E-state index is 0.268. The summed E-state index contributed by atoms with van der Waals surface area (Å²) in [5.41, 5.74) is 1.91. The molecule has 5 heteroatoms. The molecule has 0 bridgehead atoms. The first-order valence-corrected chi connectivity index (χ1v) is 9.19. The maximum Gasteiger partial charge on any atom is 0.226 e. The summed E-state index contributed by atoms with van der Waals surface area (Å²) in [4.78, 5) is 21.6. The molecule has 4 rings (SSSR count). The van der Waals surface area contributed by atoms with E-state index in [1.807, 2.05) is 35.2 Å². The van der Waals surface area contributed by atoms with Gasteiger partial charge in [0.05, 0.1) is 6.54 Å². The lowest BCUT2D eigenvalue weighted by Crippen LogP contribution is -2.38. The number of carbonyl (C=O) groups excluding carboxylic acids is 1. The van der Waals surface area contributed by atoms with Crippen molar-refractivity contribution in [1.29, 1.82) is 0 Å². The molecule has 1 aromatic carbocycles. The smallest absolute Gasteiger partial charge is 0.226 e. The van der Waals surface area contributed by atoms with Crippen molar-refractivity contribution in [2.24, 2.45) is 5.92 Å². The molecule has 1 aromatic heterocycles. The fourth-order valence-corrected chi connectivity index (χ4v) is 3.76. The molecule has 0 N–H and O–H groups in total. The van der Waals surface area contributed by atoms with E-state index in [-0.39, 0.29) is 5.91 Å². The monoisotopic (exact) mass is 339 g/mol. The van der Waals surface area contributed by atoms with Gasteiger partial charge in [0.25, 0.3) is 0 Å². The van der Waals surface area contributed by atoms with Gasteiger partial charge < -0.3 is 14.2 Å². The maximum atomic E-state index is 12.7. The third-order valence-corrected chi connectivity index (χ3v) is 5.40. The summed E-state index contributed by atoms with van der Waals surface area (Å²) < 4.78 is 5.93. The first-order valence-electron chi connectivity index (χ1n) is 9.19. The van der Waals surface area contributed by atoms with Crippen LogP contribution < -0.4 is 0 Å². The summed E-state index contributed by atoms with van der Waals surface area (Å²) in [5.74, 6) is 2.39. The van der Waals surface area contributed by atoms with E-state index in [1.165, 1.54) is 0 Å². The standard InChI is InChI=1S/C20H25N3O2/c1-22-10-7-15(8-11-22)13-19(24)23-12-9-18-17(14-23)21-20(25-18)16-5-3-2-4-6-16/h2-6,15H,7-14H2,1H3. The zero-order chi connectivity index (χ0) is 17.2. The first-order chi connectivity index (χ1) is 12.2. The van der Waals surface area contributed by atoms with Gasteiger partial charge in [0.2, 0.25) is 11.8 Å². The summed E-state index contributed by atoms with van der Waals surface area (Å²) in [6.07, 6.45) is 3.69. The Morgan fingerprint density at radius 1 is 1.20 bits per heavy atom. The van der Waals surface area contributed by atoms with Crippen molar-refractivity contribution in [2.45, 2.75) is 32.2 Å². The molecule has 0 atom stereocenters. The number of carbonyl (C=O) groups is 1. The van der Waals surface area contributed by atoms with E-state index in [2.05, 4.69) is 16.9 Å². The number of benzene rings is 1. The quantitative estimate of drug-likeness (QED) is 0.863. The van der Waals surface area contributed by atoms with Crippen LogP contribution in [0, 0.1) is 5.92 Å². The zero-order valence-corrected chi connectivity index (χ0v) is 14.8. The third-order valence-electron chi connectivity index (χ3n) is 5.40. The highest BCUT2D eigenvalue weighted by molar-refractivity contribution is 5.76. The number of piperidine rings is 1. The summed E-state index contributed by atoms with van der Waals surface area (Å²) in [7, 11) is 2.15. The maximum absolute atomic E-state index is 12.7. The predicted molar refractivity (Wildman–Crippen MR) is 95.9 cm³/mol. The van der Waals surface area contributed by atoms with Crippen molar-refractivity contribution in [2.75, 3.05) is 26.7 Å². The van der Waals surface area contributed by atoms with Crippen LogP contribution in [0.25, 0.3) is 11.5 Å². The van der Waals surface area contributed by atoms with Gasteiger partial charge in [0, 0.05) is 24.9 Å². The number of hydrogen-bond acceptors (Lipinski definition) is 4. The lowest BCUT2D eigenvalue weighted by atomic mass is 9.93. The largest absolute Gasteiger partial charge is 0.441 e. The molecule has 0 radical (unpaired) electrons. The second kappa shape index (κ2) is 7.00. The molecule has 5 nitrogen and oxygen atoms in total. The van der Waals surface area contributed by atoms with Crippen LogP contribution in [0.4, 0.5) is 0 Å². The van der Waals surface area contributed by atoms with Crippen LogP contribution in [0.15, 0.2) is 34.7 Å². The Balaban J connectivity index is 1.40. The number of oxazole rings is 1. The fraction of sp³-hybridized carbons (Fsp3) is 0.500. The van der Waals surface area contributed by atoms with Crippen molar-refractivity contribution in [1.82, 2.24) is 14.8 Å². The van der Waals surface area contributed by atoms with Crippen molar-refractivity contribution in [3.8, 4) is 11.5 Å². The molecular formula is C20H25N3O2. The highest BCUT2D eigenvalue weighted by Gasteiger charge is 2.28. The van der Waals surface area contributed by atoms with Crippen LogP contribution in [0.2, 0.25) is 0 Å². The van der Waals surface area contributed by atoms with E-state index < -0.39 is 0 Å². The van der Waals surface area contributed by atoms with Crippen molar-refractivity contribution < 1.29 is 9.21 Å². The predicted octanol–water partition coefficient (Wildman–Crippen LogP) is 2.96. The van der Waals surface area contributed by atoms with Gasteiger partial charge in [0.15, 0.2) is 0 Å². The molecule has 0 saturated carbocycles. The average molecular weight is 339 g/mol. The van der Waals surface area contributed by atoms with Crippen molar-refractivity contribution in [3.05, 3.63) is 41.8 Å². The molecule has 132 valence electrons. The second-order valence-corrected chi connectivity index (χ2v) is 7.27. The van der Waals surface area contributed by atoms with E-state index >= 15 is 0 Å². The number of likely N-dealkylation sites (tertiary alicyclic amines) is 1. The number of fused-ring (bicyclic) bond motifs is 1. The Kier molecular flexibility index (Phi) is 4.57. The van der Waals surface area contributed by atoms with Crippen LogP contribution in [0.1, 0.15) is 30.7 Å². The number of amides is 1. The topological polar surface area (TPSA) is 49.6 Å². The Morgan fingerprint density at radius 2 is 1.96 bits per heavy atom. The summed E-state index contributed by atoms with van der Waals surface area (Å²) >= 11 is 0. The lowest BCUT2D eigenvalue weighted by Gasteiger charge is -2.31. The lowest BCUT2D eigenvalue weighted by molar-refractivity contribution is -0.133. The van der Waals surface area contributed by atoms with Crippen LogP contribution in [0.5, 0.6) is 0 Å². The van der Waals surface area contributed by atoms with Crippen molar-refractivity contribution in [3.63, 3.8) is 0 Å². The number of hydrogen-bond donors (Lipinski definition) is 0. The zero-order valence-electron chi connectivity index (χ0n) is 14.8.